The lowest BCUT2D eigenvalue weighted by Crippen LogP contribution is -2.58. The number of piperazine rings is 1. The topological polar surface area (TPSA) is 33.7 Å². The molecule has 2 aliphatic rings. The first-order valence-corrected chi connectivity index (χ1v) is 8.24. The average molecular weight is 284 g/mol. The summed E-state index contributed by atoms with van der Waals surface area (Å²) in [6, 6.07) is 1.40. The van der Waals surface area contributed by atoms with Gasteiger partial charge in [-0.25, -0.2) is 0 Å². The fourth-order valence-corrected chi connectivity index (χ4v) is 3.26. The molecule has 1 saturated heterocycles. The maximum absolute atomic E-state index is 5.65. The summed E-state index contributed by atoms with van der Waals surface area (Å²) in [5.41, 5.74) is 0. The first-order valence-electron chi connectivity index (χ1n) is 8.24. The summed E-state index contributed by atoms with van der Waals surface area (Å²) in [5.74, 6) is 1.70. The SMILES string of the molecule is COCCOCCN1CC(CC(C)C)NCC1C1CC1. The number of nitrogens with zero attached hydrogens (tertiary/aromatic N) is 1. The van der Waals surface area contributed by atoms with Gasteiger partial charge in [-0.15, -0.1) is 0 Å². The molecule has 2 fully saturated rings. The second kappa shape index (κ2) is 8.32. The van der Waals surface area contributed by atoms with Crippen LogP contribution in [-0.2, 0) is 9.47 Å². The zero-order chi connectivity index (χ0) is 14.4. The van der Waals surface area contributed by atoms with E-state index in [0.717, 1.165) is 31.0 Å². The third-order valence-corrected chi connectivity index (χ3v) is 4.42. The van der Waals surface area contributed by atoms with E-state index in [0.29, 0.717) is 19.3 Å². The van der Waals surface area contributed by atoms with Crippen LogP contribution in [0.5, 0.6) is 0 Å². The highest BCUT2D eigenvalue weighted by Crippen LogP contribution is 2.36. The average Bonchev–Trinajstić information content (AvgIpc) is 3.22. The van der Waals surface area contributed by atoms with Crippen molar-refractivity contribution >= 4 is 0 Å². The number of hydrogen-bond donors (Lipinski definition) is 1. The summed E-state index contributed by atoms with van der Waals surface area (Å²) in [7, 11) is 1.72. The van der Waals surface area contributed by atoms with E-state index >= 15 is 0 Å². The summed E-state index contributed by atoms with van der Waals surface area (Å²) in [4.78, 5) is 2.67. The van der Waals surface area contributed by atoms with Crippen LogP contribution in [0.2, 0.25) is 0 Å². The molecule has 1 saturated carbocycles. The van der Waals surface area contributed by atoms with Gasteiger partial charge in [-0.3, -0.25) is 4.90 Å². The van der Waals surface area contributed by atoms with E-state index in [9.17, 15) is 0 Å². The lowest BCUT2D eigenvalue weighted by molar-refractivity contribution is 0.0339. The van der Waals surface area contributed by atoms with Gasteiger partial charge in [0, 0.05) is 38.8 Å². The normalized spacial score (nSPS) is 28.2. The second-order valence-electron chi connectivity index (χ2n) is 6.74. The van der Waals surface area contributed by atoms with Crippen LogP contribution in [0.25, 0.3) is 0 Å². The number of ether oxygens (including phenoxy) is 2. The molecule has 0 radical (unpaired) electrons. The minimum absolute atomic E-state index is 0.656. The molecular formula is C16H32N2O2. The van der Waals surface area contributed by atoms with Crippen LogP contribution in [-0.4, -0.2) is 63.5 Å². The predicted octanol–water partition coefficient (Wildman–Crippen LogP) is 1.75. The highest BCUT2D eigenvalue weighted by molar-refractivity contribution is 4.95. The summed E-state index contributed by atoms with van der Waals surface area (Å²) in [5, 5.41) is 3.76. The molecule has 0 amide bonds. The monoisotopic (exact) mass is 284 g/mol. The van der Waals surface area contributed by atoms with Gasteiger partial charge in [0.25, 0.3) is 0 Å². The van der Waals surface area contributed by atoms with E-state index in [4.69, 9.17) is 9.47 Å². The third-order valence-electron chi connectivity index (χ3n) is 4.42. The van der Waals surface area contributed by atoms with E-state index in [-0.39, 0.29) is 0 Å². The Morgan fingerprint density at radius 3 is 2.65 bits per heavy atom. The fraction of sp³-hybridized carbons (Fsp3) is 1.00. The molecule has 2 rings (SSSR count). The van der Waals surface area contributed by atoms with Crippen molar-refractivity contribution in [3.8, 4) is 0 Å². The molecule has 0 spiro atoms. The number of hydrogen-bond acceptors (Lipinski definition) is 4. The highest BCUT2D eigenvalue weighted by atomic mass is 16.5. The van der Waals surface area contributed by atoms with Crippen molar-refractivity contribution < 1.29 is 9.47 Å². The molecule has 1 N–H and O–H groups in total. The molecule has 1 aliphatic carbocycles. The maximum Gasteiger partial charge on any atom is 0.0700 e. The van der Waals surface area contributed by atoms with Gasteiger partial charge in [0.05, 0.1) is 19.8 Å². The van der Waals surface area contributed by atoms with Crippen molar-refractivity contribution in [2.75, 3.05) is 46.6 Å². The van der Waals surface area contributed by atoms with E-state index in [1.807, 2.05) is 0 Å². The van der Waals surface area contributed by atoms with Crippen molar-refractivity contribution in [2.45, 2.75) is 45.2 Å². The van der Waals surface area contributed by atoms with E-state index in [1.54, 1.807) is 7.11 Å². The van der Waals surface area contributed by atoms with Crippen LogP contribution in [0.3, 0.4) is 0 Å². The smallest absolute Gasteiger partial charge is 0.0700 e. The van der Waals surface area contributed by atoms with E-state index in [2.05, 4.69) is 24.1 Å². The van der Waals surface area contributed by atoms with Gasteiger partial charge in [0.15, 0.2) is 0 Å². The Bertz CT molecular complexity index is 269. The Hall–Kier alpha value is -0.160. The molecular weight excluding hydrogens is 252 g/mol. The Labute approximate surface area is 124 Å². The molecule has 1 aliphatic heterocycles. The van der Waals surface area contributed by atoms with E-state index < -0.39 is 0 Å². The van der Waals surface area contributed by atoms with Crippen LogP contribution in [0.1, 0.15) is 33.1 Å². The lowest BCUT2D eigenvalue weighted by Gasteiger charge is -2.41. The van der Waals surface area contributed by atoms with Gasteiger partial charge in [0.2, 0.25) is 0 Å². The molecule has 0 aromatic rings. The van der Waals surface area contributed by atoms with Crippen LogP contribution >= 0.6 is 0 Å². The number of rotatable bonds is 9. The second-order valence-corrected chi connectivity index (χ2v) is 6.74. The molecule has 0 aromatic carbocycles. The minimum Gasteiger partial charge on any atom is -0.382 e. The fourth-order valence-electron chi connectivity index (χ4n) is 3.26. The first-order chi connectivity index (χ1) is 9.70. The molecule has 2 unspecified atom stereocenters. The first kappa shape index (κ1) is 16.2. The third kappa shape index (κ3) is 5.32. The van der Waals surface area contributed by atoms with Gasteiger partial charge < -0.3 is 14.8 Å². The maximum atomic E-state index is 5.65. The van der Waals surface area contributed by atoms with Crippen molar-refractivity contribution in [3.63, 3.8) is 0 Å². The molecule has 0 aromatic heterocycles. The molecule has 1 heterocycles. The molecule has 20 heavy (non-hydrogen) atoms. The Morgan fingerprint density at radius 2 is 2.00 bits per heavy atom. The van der Waals surface area contributed by atoms with Crippen molar-refractivity contribution in [1.29, 1.82) is 0 Å². The van der Waals surface area contributed by atoms with Gasteiger partial charge in [-0.1, -0.05) is 13.8 Å². The molecule has 4 nitrogen and oxygen atoms in total. The van der Waals surface area contributed by atoms with Crippen molar-refractivity contribution in [2.24, 2.45) is 11.8 Å². The van der Waals surface area contributed by atoms with Gasteiger partial charge in [0.1, 0.15) is 0 Å². The minimum atomic E-state index is 0.656. The largest absolute Gasteiger partial charge is 0.382 e. The van der Waals surface area contributed by atoms with Crippen molar-refractivity contribution in [3.05, 3.63) is 0 Å². The number of methoxy groups -OCH3 is 1. The standard InChI is InChI=1S/C16H32N2O2/c1-13(2)10-15-12-18(6-7-20-9-8-19-3)16(11-17-15)14-4-5-14/h13-17H,4-12H2,1-3H3. The molecule has 2 atom stereocenters. The molecule has 0 bridgehead atoms. The quantitative estimate of drug-likeness (QED) is 0.654. The summed E-state index contributed by atoms with van der Waals surface area (Å²) in [6.07, 6.45) is 4.11. The summed E-state index contributed by atoms with van der Waals surface area (Å²) >= 11 is 0. The summed E-state index contributed by atoms with van der Waals surface area (Å²) < 4.78 is 10.7. The van der Waals surface area contributed by atoms with Gasteiger partial charge >= 0.3 is 0 Å². The Kier molecular flexibility index (Phi) is 6.75. The van der Waals surface area contributed by atoms with Crippen molar-refractivity contribution in [1.82, 2.24) is 10.2 Å². The van der Waals surface area contributed by atoms with Crippen LogP contribution in [0.15, 0.2) is 0 Å². The number of nitrogens with one attached hydrogen (secondary N) is 1. The van der Waals surface area contributed by atoms with Crippen LogP contribution < -0.4 is 5.32 Å². The van der Waals surface area contributed by atoms with E-state index in [1.165, 1.54) is 32.4 Å². The lowest BCUT2D eigenvalue weighted by atomic mass is 9.98. The molecule has 118 valence electrons. The zero-order valence-corrected chi connectivity index (χ0v) is 13.4. The van der Waals surface area contributed by atoms with Crippen LogP contribution in [0.4, 0.5) is 0 Å². The summed E-state index contributed by atoms with van der Waals surface area (Å²) in [6.45, 7) is 10.3. The predicted molar refractivity (Wildman–Crippen MR) is 82.0 cm³/mol. The zero-order valence-electron chi connectivity index (χ0n) is 13.4. The van der Waals surface area contributed by atoms with Gasteiger partial charge in [-0.2, -0.15) is 0 Å². The molecule has 4 heteroatoms. The highest BCUT2D eigenvalue weighted by Gasteiger charge is 2.38. The Balaban J connectivity index is 1.74. The van der Waals surface area contributed by atoms with Crippen LogP contribution in [0, 0.1) is 11.8 Å². The van der Waals surface area contributed by atoms with Gasteiger partial charge in [-0.05, 0) is 31.1 Å². The Morgan fingerprint density at radius 1 is 1.20 bits per heavy atom.